The van der Waals surface area contributed by atoms with Gasteiger partial charge in [-0.25, -0.2) is 4.79 Å². The van der Waals surface area contributed by atoms with E-state index in [-0.39, 0.29) is 11.9 Å². The zero-order valence-corrected chi connectivity index (χ0v) is 17.4. The second-order valence-electron chi connectivity index (χ2n) is 7.24. The van der Waals surface area contributed by atoms with E-state index in [9.17, 15) is 9.59 Å². The smallest absolute Gasteiger partial charge is 0.337 e. The fraction of sp³-hybridized carbons (Fsp3) is 0.364. The van der Waals surface area contributed by atoms with Crippen LogP contribution in [0.4, 0.5) is 0 Å². The maximum atomic E-state index is 12.7. The van der Waals surface area contributed by atoms with Crippen LogP contribution in [0.1, 0.15) is 25.0 Å². The first kappa shape index (κ1) is 21.1. The summed E-state index contributed by atoms with van der Waals surface area (Å²) in [6, 6.07) is 15.1. The van der Waals surface area contributed by atoms with Crippen molar-refractivity contribution >= 4 is 23.5 Å². The molecular weight excluding hydrogens is 392 g/mol. The van der Waals surface area contributed by atoms with Crippen LogP contribution in [-0.4, -0.2) is 47.4 Å². The minimum atomic E-state index is -0.523. The van der Waals surface area contributed by atoms with Gasteiger partial charge in [-0.05, 0) is 30.7 Å². The maximum absolute atomic E-state index is 12.7. The predicted molar refractivity (Wildman–Crippen MR) is 110 cm³/mol. The molecule has 1 fully saturated rings. The number of carbonyl (C=O) groups excluding carboxylic acids is 2. The molecule has 2 aromatic carbocycles. The normalized spacial score (nSPS) is 17.1. The van der Waals surface area contributed by atoms with Gasteiger partial charge in [0.05, 0.1) is 6.42 Å². The van der Waals surface area contributed by atoms with E-state index in [0.29, 0.717) is 30.3 Å². The Hall–Kier alpha value is -2.57. The Bertz CT molecular complexity index is 859. The minimum Gasteiger partial charge on any atom is -0.337 e. The number of hydrogen-bond acceptors (Lipinski definition) is 5. The van der Waals surface area contributed by atoms with Crippen molar-refractivity contribution in [2.24, 2.45) is 0 Å². The van der Waals surface area contributed by atoms with Gasteiger partial charge in [-0.3, -0.25) is 19.5 Å². The van der Waals surface area contributed by atoms with E-state index in [1.165, 1.54) is 6.92 Å². The molecule has 2 aromatic rings. The van der Waals surface area contributed by atoms with Crippen LogP contribution >= 0.6 is 11.6 Å². The van der Waals surface area contributed by atoms with Gasteiger partial charge in [0, 0.05) is 49.7 Å². The van der Waals surface area contributed by atoms with Crippen LogP contribution < -0.4 is 4.89 Å². The van der Waals surface area contributed by atoms with Crippen LogP contribution in [0.5, 0.6) is 5.75 Å². The first-order chi connectivity index (χ1) is 13.9. The fourth-order valence-corrected chi connectivity index (χ4v) is 3.71. The van der Waals surface area contributed by atoms with Crippen LogP contribution in [0.25, 0.3) is 0 Å². The van der Waals surface area contributed by atoms with E-state index in [0.717, 1.165) is 24.2 Å². The Morgan fingerprint density at radius 3 is 2.59 bits per heavy atom. The van der Waals surface area contributed by atoms with Crippen molar-refractivity contribution in [3.63, 3.8) is 0 Å². The van der Waals surface area contributed by atoms with E-state index < -0.39 is 5.97 Å². The fourth-order valence-electron chi connectivity index (χ4n) is 3.52. The number of amides is 1. The lowest BCUT2D eigenvalue weighted by atomic mass is 10.1. The van der Waals surface area contributed by atoms with Gasteiger partial charge in [-0.2, -0.15) is 0 Å². The Morgan fingerprint density at radius 1 is 1.14 bits per heavy atom. The Morgan fingerprint density at radius 2 is 1.90 bits per heavy atom. The summed E-state index contributed by atoms with van der Waals surface area (Å²) in [7, 11) is 0. The highest BCUT2D eigenvalue weighted by atomic mass is 35.5. The summed E-state index contributed by atoms with van der Waals surface area (Å²) in [5.41, 5.74) is 1.85. The lowest BCUT2D eigenvalue weighted by Crippen LogP contribution is -2.54. The maximum Gasteiger partial charge on any atom is 0.352 e. The highest BCUT2D eigenvalue weighted by Crippen LogP contribution is 2.26. The summed E-state index contributed by atoms with van der Waals surface area (Å²) in [6.07, 6.45) is 0.417. The molecule has 154 valence electrons. The number of piperazine rings is 1. The van der Waals surface area contributed by atoms with E-state index in [1.807, 2.05) is 35.2 Å². The highest BCUT2D eigenvalue weighted by molar-refractivity contribution is 6.30. The first-order valence-electron chi connectivity index (χ1n) is 9.61. The van der Waals surface area contributed by atoms with E-state index in [2.05, 4.69) is 16.7 Å². The zero-order valence-electron chi connectivity index (χ0n) is 16.6. The molecule has 6 nitrogen and oxygen atoms in total. The molecule has 0 unspecified atom stereocenters. The molecule has 0 bridgehead atoms. The number of halogens is 1. The molecule has 0 N–H and O–H groups in total. The summed E-state index contributed by atoms with van der Waals surface area (Å²) in [4.78, 5) is 37.8. The SMILES string of the molecule is CC(=O)OOc1ccc(Cl)cc1CN1CCN(C(=O)Cc2ccccc2)[C@H](C)C1. The minimum absolute atomic E-state index is 0.0944. The summed E-state index contributed by atoms with van der Waals surface area (Å²) in [5.74, 6) is 0.0786. The Kier molecular flexibility index (Phi) is 7.12. The van der Waals surface area contributed by atoms with Crippen molar-refractivity contribution in [1.82, 2.24) is 9.80 Å². The monoisotopic (exact) mass is 416 g/mol. The van der Waals surface area contributed by atoms with Crippen LogP contribution in [0.15, 0.2) is 48.5 Å². The third kappa shape index (κ3) is 5.95. The number of benzene rings is 2. The molecule has 3 rings (SSSR count). The number of rotatable bonds is 6. The summed E-state index contributed by atoms with van der Waals surface area (Å²) < 4.78 is 0. The van der Waals surface area contributed by atoms with Crippen molar-refractivity contribution in [3.05, 3.63) is 64.7 Å². The van der Waals surface area contributed by atoms with Crippen LogP contribution in [0, 0.1) is 0 Å². The van der Waals surface area contributed by atoms with Crippen LogP contribution in [0.2, 0.25) is 5.02 Å². The van der Waals surface area contributed by atoms with Crippen LogP contribution in [-0.2, 0) is 27.4 Å². The lowest BCUT2D eigenvalue weighted by molar-refractivity contribution is -0.211. The average molecular weight is 417 g/mol. The second kappa shape index (κ2) is 9.76. The van der Waals surface area contributed by atoms with Gasteiger partial charge in [-0.1, -0.05) is 41.9 Å². The van der Waals surface area contributed by atoms with Gasteiger partial charge in [0.1, 0.15) is 0 Å². The van der Waals surface area contributed by atoms with Gasteiger partial charge in [-0.15, -0.1) is 0 Å². The van der Waals surface area contributed by atoms with Gasteiger partial charge in [0.25, 0.3) is 0 Å². The third-order valence-corrected chi connectivity index (χ3v) is 5.13. The molecule has 0 spiro atoms. The van der Waals surface area contributed by atoms with Gasteiger partial charge in [0.2, 0.25) is 5.91 Å². The zero-order chi connectivity index (χ0) is 20.8. The molecular formula is C22H25ClN2O4. The van der Waals surface area contributed by atoms with E-state index >= 15 is 0 Å². The summed E-state index contributed by atoms with van der Waals surface area (Å²) in [6.45, 7) is 6.06. The molecule has 0 saturated carbocycles. The molecule has 0 aromatic heterocycles. The topological polar surface area (TPSA) is 59.1 Å². The summed E-state index contributed by atoms with van der Waals surface area (Å²) in [5, 5.41) is 0.583. The quantitative estimate of drug-likeness (QED) is 0.533. The molecule has 1 atom stereocenters. The third-order valence-electron chi connectivity index (χ3n) is 4.90. The molecule has 0 aliphatic carbocycles. The second-order valence-corrected chi connectivity index (χ2v) is 7.68. The van der Waals surface area contributed by atoms with Crippen molar-refractivity contribution in [3.8, 4) is 5.75 Å². The Balaban J connectivity index is 1.60. The number of hydrogen-bond donors (Lipinski definition) is 0. The molecule has 1 amide bonds. The molecule has 1 aliphatic heterocycles. The number of nitrogens with zero attached hydrogens (tertiary/aromatic N) is 2. The molecule has 0 radical (unpaired) electrons. The van der Waals surface area contributed by atoms with Crippen molar-refractivity contribution in [2.45, 2.75) is 32.9 Å². The van der Waals surface area contributed by atoms with E-state index in [1.54, 1.807) is 18.2 Å². The van der Waals surface area contributed by atoms with Crippen molar-refractivity contribution < 1.29 is 19.4 Å². The van der Waals surface area contributed by atoms with Gasteiger partial charge in [0.15, 0.2) is 5.75 Å². The predicted octanol–water partition coefficient (Wildman–Crippen LogP) is 3.47. The van der Waals surface area contributed by atoms with Crippen molar-refractivity contribution in [2.75, 3.05) is 19.6 Å². The molecule has 1 saturated heterocycles. The van der Waals surface area contributed by atoms with Crippen molar-refractivity contribution in [1.29, 1.82) is 0 Å². The molecule has 7 heteroatoms. The molecule has 1 heterocycles. The van der Waals surface area contributed by atoms with E-state index in [4.69, 9.17) is 16.5 Å². The average Bonchev–Trinajstić information content (AvgIpc) is 2.68. The molecule has 1 aliphatic rings. The van der Waals surface area contributed by atoms with Crippen LogP contribution in [0.3, 0.4) is 0 Å². The molecule has 29 heavy (non-hydrogen) atoms. The standard InChI is InChI=1S/C22H25ClN2O4/c1-16-14-24(10-11-25(16)22(27)12-18-6-4-3-5-7-18)15-19-13-20(23)8-9-21(19)29-28-17(2)26/h3-9,13,16H,10-12,14-15H2,1-2H3/t16-/m1/s1. The summed E-state index contributed by atoms with van der Waals surface area (Å²) >= 11 is 6.13. The number of carbonyl (C=O) groups is 2. The highest BCUT2D eigenvalue weighted by Gasteiger charge is 2.28. The Labute approximate surface area is 175 Å². The van der Waals surface area contributed by atoms with Gasteiger partial charge < -0.3 is 4.90 Å². The van der Waals surface area contributed by atoms with Gasteiger partial charge >= 0.3 is 5.97 Å². The lowest BCUT2D eigenvalue weighted by Gasteiger charge is -2.40. The largest absolute Gasteiger partial charge is 0.352 e. The first-order valence-corrected chi connectivity index (χ1v) is 9.99.